The maximum atomic E-state index is 13.0. The fourth-order valence-corrected chi connectivity index (χ4v) is 5.02. The zero-order valence-electron chi connectivity index (χ0n) is 18.9. The number of fused-ring (bicyclic) bond motifs is 1. The molecule has 0 unspecified atom stereocenters. The summed E-state index contributed by atoms with van der Waals surface area (Å²) in [5.74, 6) is 0.274. The van der Waals surface area contributed by atoms with Gasteiger partial charge >= 0.3 is 0 Å². The number of hydrogen-bond donors (Lipinski definition) is 2. The van der Waals surface area contributed by atoms with Crippen molar-refractivity contribution in [1.29, 1.82) is 0 Å². The van der Waals surface area contributed by atoms with Crippen LogP contribution in [0, 0.1) is 6.92 Å². The number of methoxy groups -OCH3 is 1. The van der Waals surface area contributed by atoms with Crippen molar-refractivity contribution in [2.24, 2.45) is 0 Å². The van der Waals surface area contributed by atoms with E-state index in [9.17, 15) is 13.2 Å². The Kier molecular flexibility index (Phi) is 6.29. The molecule has 2 N–H and O–H groups in total. The number of nitrogens with zero attached hydrogens (tertiary/aromatic N) is 1. The Morgan fingerprint density at radius 1 is 1.03 bits per heavy atom. The first-order valence-corrected chi connectivity index (χ1v) is 12.3. The second-order valence-electron chi connectivity index (χ2n) is 7.94. The zero-order valence-corrected chi connectivity index (χ0v) is 19.7. The average molecular weight is 466 g/mol. The number of ether oxygens (including phenoxy) is 1. The smallest absolute Gasteiger partial charge is 0.261 e. The molecule has 1 amide bonds. The van der Waals surface area contributed by atoms with Crippen LogP contribution in [0.15, 0.2) is 65.6 Å². The molecule has 0 spiro atoms. The molecule has 0 fully saturated rings. The fraction of sp³-hybridized carbons (Fsp3) is 0.240. The summed E-state index contributed by atoms with van der Waals surface area (Å²) >= 11 is 0. The van der Waals surface area contributed by atoms with Gasteiger partial charge in [0.25, 0.3) is 15.9 Å². The molecule has 7 nitrogen and oxygen atoms in total. The lowest BCUT2D eigenvalue weighted by Crippen LogP contribution is -2.19. The predicted molar refractivity (Wildman–Crippen MR) is 131 cm³/mol. The Morgan fingerprint density at radius 2 is 1.76 bits per heavy atom. The number of anilines is 3. The lowest BCUT2D eigenvalue weighted by Gasteiger charge is -2.17. The molecular formula is C25H27N3O4S. The third-order valence-corrected chi connectivity index (χ3v) is 7.20. The summed E-state index contributed by atoms with van der Waals surface area (Å²) in [5, 5.41) is 2.92. The Morgan fingerprint density at radius 3 is 2.45 bits per heavy atom. The van der Waals surface area contributed by atoms with Crippen molar-refractivity contribution in [2.45, 2.75) is 25.2 Å². The van der Waals surface area contributed by atoms with Crippen LogP contribution in [0.25, 0.3) is 0 Å². The van der Waals surface area contributed by atoms with Gasteiger partial charge in [-0.1, -0.05) is 12.1 Å². The summed E-state index contributed by atoms with van der Waals surface area (Å²) in [6.45, 7) is 5.77. The molecule has 0 bridgehead atoms. The van der Waals surface area contributed by atoms with E-state index in [0.717, 1.165) is 25.2 Å². The van der Waals surface area contributed by atoms with Gasteiger partial charge in [-0.2, -0.15) is 0 Å². The van der Waals surface area contributed by atoms with Crippen LogP contribution in [0.2, 0.25) is 0 Å². The highest BCUT2D eigenvalue weighted by Crippen LogP contribution is 2.31. The van der Waals surface area contributed by atoms with E-state index in [1.165, 1.54) is 17.7 Å². The van der Waals surface area contributed by atoms with Crippen LogP contribution in [0.5, 0.6) is 5.75 Å². The third kappa shape index (κ3) is 4.80. The maximum absolute atomic E-state index is 13.0. The number of sulfonamides is 1. The van der Waals surface area contributed by atoms with Gasteiger partial charge < -0.3 is 15.0 Å². The number of hydrogen-bond acceptors (Lipinski definition) is 5. The number of amides is 1. The molecule has 0 saturated heterocycles. The van der Waals surface area contributed by atoms with Crippen molar-refractivity contribution in [3.63, 3.8) is 0 Å². The van der Waals surface area contributed by atoms with E-state index in [-0.39, 0.29) is 10.8 Å². The van der Waals surface area contributed by atoms with Crippen molar-refractivity contribution < 1.29 is 17.9 Å². The predicted octanol–water partition coefficient (Wildman–Crippen LogP) is 4.44. The van der Waals surface area contributed by atoms with Gasteiger partial charge in [-0.3, -0.25) is 9.52 Å². The third-order valence-electron chi connectivity index (χ3n) is 5.82. The number of benzene rings is 3. The van der Waals surface area contributed by atoms with E-state index in [2.05, 4.69) is 21.9 Å². The second kappa shape index (κ2) is 9.15. The van der Waals surface area contributed by atoms with E-state index in [4.69, 9.17) is 4.74 Å². The van der Waals surface area contributed by atoms with E-state index >= 15 is 0 Å². The molecule has 1 heterocycles. The standard InChI is InChI=1S/C25H27N3O4S/c1-4-28-14-13-18-6-7-20(15-24(18)28)26-25(29)23-16-22(12-5-17(23)2)33(30,31)27-19-8-10-21(32-3)11-9-19/h5-12,15-16,27H,4,13-14H2,1-3H3,(H,26,29). The van der Waals surface area contributed by atoms with Crippen molar-refractivity contribution in [1.82, 2.24) is 0 Å². The van der Waals surface area contributed by atoms with Crippen LogP contribution in [-0.4, -0.2) is 34.5 Å². The molecule has 0 aromatic heterocycles. The van der Waals surface area contributed by atoms with Crippen LogP contribution in [0.1, 0.15) is 28.4 Å². The molecule has 0 saturated carbocycles. The summed E-state index contributed by atoms with van der Waals surface area (Å²) in [7, 11) is -2.33. The van der Waals surface area contributed by atoms with Gasteiger partial charge in [-0.15, -0.1) is 0 Å². The summed E-state index contributed by atoms with van der Waals surface area (Å²) in [6, 6.07) is 17.0. The first-order chi connectivity index (χ1) is 15.8. The molecule has 1 aliphatic heterocycles. The largest absolute Gasteiger partial charge is 0.497 e. The number of carbonyl (C=O) groups is 1. The molecule has 4 rings (SSSR count). The number of carbonyl (C=O) groups excluding carboxylic acids is 1. The minimum atomic E-state index is -3.87. The number of nitrogens with one attached hydrogen (secondary N) is 2. The Labute approximate surface area is 194 Å². The first-order valence-electron chi connectivity index (χ1n) is 10.8. The molecule has 3 aromatic carbocycles. The molecule has 33 heavy (non-hydrogen) atoms. The number of likely N-dealkylation sites (N-methyl/N-ethyl adjacent to an activating group) is 1. The highest BCUT2D eigenvalue weighted by molar-refractivity contribution is 7.92. The molecule has 0 radical (unpaired) electrons. The summed E-state index contributed by atoms with van der Waals surface area (Å²) < 4.78 is 33.5. The quantitative estimate of drug-likeness (QED) is 0.539. The molecule has 0 atom stereocenters. The van der Waals surface area contributed by atoms with Crippen molar-refractivity contribution in [3.05, 3.63) is 77.4 Å². The molecular weight excluding hydrogens is 438 g/mol. The van der Waals surface area contributed by atoms with Crippen molar-refractivity contribution in [2.75, 3.05) is 35.1 Å². The summed E-state index contributed by atoms with van der Waals surface area (Å²) in [5.41, 5.74) is 4.48. The fourth-order valence-electron chi connectivity index (χ4n) is 3.94. The van der Waals surface area contributed by atoms with Gasteiger partial charge in [0, 0.05) is 35.7 Å². The van der Waals surface area contributed by atoms with E-state index in [0.29, 0.717) is 28.3 Å². The van der Waals surface area contributed by atoms with Crippen LogP contribution < -0.4 is 19.7 Å². The maximum Gasteiger partial charge on any atom is 0.261 e. The van der Waals surface area contributed by atoms with Gasteiger partial charge in [-0.05, 0) is 79.9 Å². The van der Waals surface area contributed by atoms with Gasteiger partial charge in [0.2, 0.25) is 0 Å². The Balaban J connectivity index is 1.56. The lowest BCUT2D eigenvalue weighted by molar-refractivity contribution is 0.102. The average Bonchev–Trinajstić information content (AvgIpc) is 3.21. The minimum absolute atomic E-state index is 0.0141. The Hall–Kier alpha value is -3.52. The first kappa shape index (κ1) is 22.7. The lowest BCUT2D eigenvalue weighted by atomic mass is 10.1. The molecule has 1 aliphatic rings. The van der Waals surface area contributed by atoms with Crippen LogP contribution in [-0.2, 0) is 16.4 Å². The molecule has 3 aromatic rings. The van der Waals surface area contributed by atoms with Gasteiger partial charge in [-0.25, -0.2) is 8.42 Å². The normalized spacial score (nSPS) is 12.9. The highest BCUT2D eigenvalue weighted by Gasteiger charge is 2.21. The summed E-state index contributed by atoms with van der Waals surface area (Å²) in [6.07, 6.45) is 0.998. The highest BCUT2D eigenvalue weighted by atomic mass is 32.2. The SMILES string of the molecule is CCN1CCc2ccc(NC(=O)c3cc(S(=O)(=O)Nc4ccc(OC)cc4)ccc3C)cc21. The monoisotopic (exact) mass is 465 g/mol. The van der Waals surface area contributed by atoms with Crippen LogP contribution >= 0.6 is 0 Å². The van der Waals surface area contributed by atoms with E-state index in [1.807, 2.05) is 18.2 Å². The van der Waals surface area contributed by atoms with E-state index in [1.54, 1.807) is 44.4 Å². The topological polar surface area (TPSA) is 87.7 Å². The van der Waals surface area contributed by atoms with Crippen molar-refractivity contribution >= 4 is 33.0 Å². The number of rotatable bonds is 7. The van der Waals surface area contributed by atoms with Gasteiger partial charge in [0.05, 0.1) is 12.0 Å². The molecule has 8 heteroatoms. The Bertz CT molecular complexity index is 1290. The second-order valence-corrected chi connectivity index (χ2v) is 9.62. The van der Waals surface area contributed by atoms with Crippen LogP contribution in [0.3, 0.4) is 0 Å². The van der Waals surface area contributed by atoms with Crippen molar-refractivity contribution in [3.8, 4) is 5.75 Å². The summed E-state index contributed by atoms with van der Waals surface area (Å²) in [4.78, 5) is 15.3. The minimum Gasteiger partial charge on any atom is -0.497 e. The van der Waals surface area contributed by atoms with Gasteiger partial charge in [0.1, 0.15) is 5.75 Å². The molecule has 172 valence electrons. The number of aryl methyl sites for hydroxylation is 1. The zero-order chi connectivity index (χ0) is 23.6. The van der Waals surface area contributed by atoms with E-state index < -0.39 is 10.0 Å². The van der Waals surface area contributed by atoms with Crippen LogP contribution in [0.4, 0.5) is 17.1 Å². The van der Waals surface area contributed by atoms with Gasteiger partial charge in [0.15, 0.2) is 0 Å². The molecule has 0 aliphatic carbocycles.